The zero-order valence-electron chi connectivity index (χ0n) is 15.4. The van der Waals surface area contributed by atoms with Gasteiger partial charge in [-0.2, -0.15) is 0 Å². The second-order valence-corrected chi connectivity index (χ2v) is 7.69. The Bertz CT molecular complexity index is 658. The van der Waals surface area contributed by atoms with E-state index in [1.54, 1.807) is 4.90 Å². The van der Waals surface area contributed by atoms with Gasteiger partial charge in [0.2, 0.25) is 5.91 Å². The number of carbonyl (C=O) groups is 2. The largest absolute Gasteiger partial charge is 0.453 e. The summed E-state index contributed by atoms with van der Waals surface area (Å²) in [6, 6.07) is 7.77. The van der Waals surface area contributed by atoms with Gasteiger partial charge in [0.1, 0.15) is 0 Å². The van der Waals surface area contributed by atoms with Gasteiger partial charge in [0.15, 0.2) is 0 Å². The summed E-state index contributed by atoms with van der Waals surface area (Å²) >= 11 is 6.23. The smallest absolute Gasteiger partial charge is 0.409 e. The molecule has 0 atom stereocenters. The Morgan fingerprint density at radius 1 is 1.00 bits per heavy atom. The van der Waals surface area contributed by atoms with Crippen molar-refractivity contribution >= 4 is 23.6 Å². The first-order valence-corrected chi connectivity index (χ1v) is 9.83. The maximum atomic E-state index is 13.6. The molecule has 1 heterocycles. The van der Waals surface area contributed by atoms with E-state index in [0.29, 0.717) is 31.2 Å². The van der Waals surface area contributed by atoms with E-state index in [1.807, 2.05) is 29.2 Å². The molecule has 5 nitrogen and oxygen atoms in total. The molecule has 1 saturated carbocycles. The molecule has 142 valence electrons. The molecule has 1 aliphatic carbocycles. The SMILES string of the molecule is COC(=O)N1CCCN(C(=O)C2(c3cccc(Cl)c3)CCCCC2)CC1. The average molecular weight is 379 g/mol. The number of amides is 2. The lowest BCUT2D eigenvalue weighted by Crippen LogP contribution is -2.49. The van der Waals surface area contributed by atoms with Gasteiger partial charge < -0.3 is 14.5 Å². The highest BCUT2D eigenvalue weighted by molar-refractivity contribution is 6.30. The maximum Gasteiger partial charge on any atom is 0.409 e. The molecule has 2 amide bonds. The molecule has 26 heavy (non-hydrogen) atoms. The highest BCUT2D eigenvalue weighted by atomic mass is 35.5. The van der Waals surface area contributed by atoms with Gasteiger partial charge in [0, 0.05) is 31.2 Å². The van der Waals surface area contributed by atoms with Crippen LogP contribution in [0, 0.1) is 0 Å². The number of hydrogen-bond donors (Lipinski definition) is 0. The fourth-order valence-corrected chi connectivity index (χ4v) is 4.49. The highest BCUT2D eigenvalue weighted by Crippen LogP contribution is 2.42. The number of hydrogen-bond acceptors (Lipinski definition) is 3. The molecule has 3 rings (SSSR count). The number of halogens is 1. The van der Waals surface area contributed by atoms with Gasteiger partial charge in [-0.25, -0.2) is 4.79 Å². The van der Waals surface area contributed by atoms with Crippen LogP contribution < -0.4 is 0 Å². The molecule has 1 saturated heterocycles. The average Bonchev–Trinajstić information content (AvgIpc) is 2.93. The highest BCUT2D eigenvalue weighted by Gasteiger charge is 2.43. The van der Waals surface area contributed by atoms with Crippen molar-refractivity contribution < 1.29 is 14.3 Å². The van der Waals surface area contributed by atoms with Crippen molar-refractivity contribution in [3.05, 3.63) is 34.9 Å². The van der Waals surface area contributed by atoms with Gasteiger partial charge in [-0.1, -0.05) is 43.0 Å². The standard InChI is InChI=1S/C20H27ClN2O3/c1-26-19(25)23-12-6-11-22(13-14-23)18(24)20(9-3-2-4-10-20)16-7-5-8-17(21)15-16/h5,7-8,15H,2-4,6,9-14H2,1H3. The Labute approximate surface area is 160 Å². The van der Waals surface area contributed by atoms with E-state index in [-0.39, 0.29) is 12.0 Å². The molecule has 0 aromatic heterocycles. The Kier molecular flexibility index (Phi) is 6.07. The van der Waals surface area contributed by atoms with Crippen molar-refractivity contribution in [2.45, 2.75) is 43.9 Å². The minimum absolute atomic E-state index is 0.186. The van der Waals surface area contributed by atoms with Crippen LogP contribution in [-0.4, -0.2) is 55.1 Å². The molecule has 2 fully saturated rings. The normalized spacial score (nSPS) is 20.4. The van der Waals surface area contributed by atoms with Crippen molar-refractivity contribution in [2.75, 3.05) is 33.3 Å². The lowest BCUT2D eigenvalue weighted by Gasteiger charge is -2.40. The van der Waals surface area contributed by atoms with Crippen LogP contribution in [-0.2, 0) is 14.9 Å². The summed E-state index contributed by atoms with van der Waals surface area (Å²) in [6.07, 6.45) is 5.47. The number of ether oxygens (including phenoxy) is 1. The van der Waals surface area contributed by atoms with Crippen LogP contribution in [0.4, 0.5) is 4.79 Å². The van der Waals surface area contributed by atoms with Crippen molar-refractivity contribution in [2.24, 2.45) is 0 Å². The van der Waals surface area contributed by atoms with Crippen molar-refractivity contribution in [1.82, 2.24) is 9.80 Å². The maximum absolute atomic E-state index is 13.6. The zero-order chi connectivity index (χ0) is 18.6. The third kappa shape index (κ3) is 3.83. The lowest BCUT2D eigenvalue weighted by atomic mass is 9.68. The Morgan fingerprint density at radius 3 is 2.38 bits per heavy atom. The van der Waals surface area contributed by atoms with Crippen molar-refractivity contribution in [3.63, 3.8) is 0 Å². The summed E-state index contributed by atoms with van der Waals surface area (Å²) in [5.74, 6) is 0.186. The summed E-state index contributed by atoms with van der Waals surface area (Å²) < 4.78 is 4.83. The number of nitrogens with zero attached hydrogens (tertiary/aromatic N) is 2. The van der Waals surface area contributed by atoms with Crippen LogP contribution in [0.15, 0.2) is 24.3 Å². The van der Waals surface area contributed by atoms with Gasteiger partial charge >= 0.3 is 6.09 Å². The fraction of sp³-hybridized carbons (Fsp3) is 0.600. The van der Waals surface area contributed by atoms with E-state index in [9.17, 15) is 9.59 Å². The molecule has 1 aromatic carbocycles. The first-order chi connectivity index (χ1) is 12.6. The van der Waals surface area contributed by atoms with Gasteiger partial charge in [0.05, 0.1) is 12.5 Å². The van der Waals surface area contributed by atoms with E-state index in [4.69, 9.17) is 16.3 Å². The summed E-state index contributed by atoms with van der Waals surface area (Å²) in [5, 5.41) is 0.674. The molecule has 0 bridgehead atoms. The third-order valence-corrected chi connectivity index (χ3v) is 5.94. The molecular formula is C20H27ClN2O3. The number of methoxy groups -OCH3 is 1. The topological polar surface area (TPSA) is 49.9 Å². The predicted octanol–water partition coefficient (Wildman–Crippen LogP) is 3.84. The van der Waals surface area contributed by atoms with Gasteiger partial charge in [-0.15, -0.1) is 0 Å². The number of rotatable bonds is 2. The number of carbonyl (C=O) groups excluding carboxylic acids is 2. The molecule has 2 aliphatic rings. The molecule has 1 aliphatic heterocycles. The first kappa shape index (κ1) is 19.0. The second kappa shape index (κ2) is 8.30. The fourth-order valence-electron chi connectivity index (χ4n) is 4.30. The molecule has 1 aromatic rings. The molecule has 0 N–H and O–H groups in total. The number of benzene rings is 1. The molecule has 0 radical (unpaired) electrons. The van der Waals surface area contributed by atoms with E-state index < -0.39 is 5.41 Å². The van der Waals surface area contributed by atoms with Gasteiger partial charge in [0.25, 0.3) is 0 Å². The molecular weight excluding hydrogens is 352 g/mol. The summed E-state index contributed by atoms with van der Waals surface area (Å²) in [5.41, 5.74) is 0.549. The van der Waals surface area contributed by atoms with Gasteiger partial charge in [-0.3, -0.25) is 4.79 Å². The Morgan fingerprint density at radius 2 is 1.69 bits per heavy atom. The van der Waals surface area contributed by atoms with E-state index in [2.05, 4.69) is 0 Å². The van der Waals surface area contributed by atoms with Gasteiger partial charge in [-0.05, 0) is 37.0 Å². The van der Waals surface area contributed by atoms with E-state index >= 15 is 0 Å². The molecule has 0 spiro atoms. The third-order valence-electron chi connectivity index (χ3n) is 5.71. The summed E-state index contributed by atoms with van der Waals surface area (Å²) in [6.45, 7) is 2.37. The molecule has 6 heteroatoms. The van der Waals surface area contributed by atoms with Crippen molar-refractivity contribution in [1.29, 1.82) is 0 Å². The van der Waals surface area contributed by atoms with Crippen LogP contribution in [0.1, 0.15) is 44.1 Å². The second-order valence-electron chi connectivity index (χ2n) is 7.26. The van der Waals surface area contributed by atoms with E-state index in [0.717, 1.165) is 37.7 Å². The van der Waals surface area contributed by atoms with Crippen LogP contribution in [0.5, 0.6) is 0 Å². The first-order valence-electron chi connectivity index (χ1n) is 9.45. The zero-order valence-corrected chi connectivity index (χ0v) is 16.1. The van der Waals surface area contributed by atoms with Crippen LogP contribution in [0.3, 0.4) is 0 Å². The van der Waals surface area contributed by atoms with Crippen LogP contribution >= 0.6 is 11.6 Å². The molecule has 0 unspecified atom stereocenters. The minimum Gasteiger partial charge on any atom is -0.453 e. The van der Waals surface area contributed by atoms with E-state index in [1.165, 1.54) is 13.5 Å². The Hall–Kier alpha value is -1.75. The summed E-state index contributed by atoms with van der Waals surface area (Å²) in [4.78, 5) is 29.1. The lowest BCUT2D eigenvalue weighted by molar-refractivity contribution is -0.138. The monoisotopic (exact) mass is 378 g/mol. The van der Waals surface area contributed by atoms with Crippen molar-refractivity contribution in [3.8, 4) is 0 Å². The van der Waals surface area contributed by atoms with Crippen LogP contribution in [0.25, 0.3) is 0 Å². The van der Waals surface area contributed by atoms with Crippen LogP contribution in [0.2, 0.25) is 5.02 Å². The predicted molar refractivity (Wildman–Crippen MR) is 101 cm³/mol. The Balaban J connectivity index is 1.83. The quantitative estimate of drug-likeness (QED) is 0.785. The minimum atomic E-state index is -0.483. The summed E-state index contributed by atoms with van der Waals surface area (Å²) in [7, 11) is 1.40.